The van der Waals surface area contributed by atoms with Crippen LogP contribution in [-0.2, 0) is 0 Å². The highest BCUT2D eigenvalue weighted by atomic mass is 16.5. The molecule has 0 saturated heterocycles. The second kappa shape index (κ2) is 9.23. The molecule has 0 fully saturated rings. The van der Waals surface area contributed by atoms with E-state index < -0.39 is 6.10 Å². The zero-order valence-electron chi connectivity index (χ0n) is 13.1. The fourth-order valence-electron chi connectivity index (χ4n) is 1.91. The molecule has 118 valence electrons. The molecule has 0 heterocycles. The fourth-order valence-corrected chi connectivity index (χ4v) is 1.91. The number of hydrogen-bond donors (Lipinski definition) is 3. The standard InChI is InChI=1S/C16H26N2O3/c1-4-9-21-15-8-6-5-7-14(15)18-16(20)17-11-13(19)10-12(2)3/h5-8,12-13,19H,4,9-11H2,1-3H3,(H2,17,18,20). The number of para-hydroxylation sites is 2. The van der Waals surface area contributed by atoms with E-state index in [9.17, 15) is 9.90 Å². The number of aliphatic hydroxyl groups is 1. The van der Waals surface area contributed by atoms with E-state index in [0.717, 1.165) is 6.42 Å². The van der Waals surface area contributed by atoms with Crippen molar-refractivity contribution in [2.24, 2.45) is 5.92 Å². The maximum absolute atomic E-state index is 11.8. The average Bonchev–Trinajstić information content (AvgIpc) is 2.43. The van der Waals surface area contributed by atoms with Gasteiger partial charge >= 0.3 is 6.03 Å². The predicted molar refractivity (Wildman–Crippen MR) is 84.7 cm³/mol. The van der Waals surface area contributed by atoms with Crippen molar-refractivity contribution < 1.29 is 14.6 Å². The van der Waals surface area contributed by atoms with Crippen LogP contribution in [0.5, 0.6) is 5.75 Å². The van der Waals surface area contributed by atoms with Crippen LogP contribution in [-0.4, -0.2) is 30.4 Å². The van der Waals surface area contributed by atoms with Gasteiger partial charge in [0, 0.05) is 6.54 Å². The molecular formula is C16H26N2O3. The number of anilines is 1. The Morgan fingerprint density at radius 3 is 2.71 bits per heavy atom. The molecule has 5 nitrogen and oxygen atoms in total. The largest absolute Gasteiger partial charge is 0.491 e. The molecule has 0 radical (unpaired) electrons. The SMILES string of the molecule is CCCOc1ccccc1NC(=O)NCC(O)CC(C)C. The predicted octanol–water partition coefficient (Wildman–Crippen LogP) is 3.00. The molecule has 1 atom stereocenters. The Bertz CT molecular complexity index is 435. The number of benzene rings is 1. The Balaban J connectivity index is 2.47. The lowest BCUT2D eigenvalue weighted by Crippen LogP contribution is -2.35. The van der Waals surface area contributed by atoms with Crippen LogP contribution < -0.4 is 15.4 Å². The van der Waals surface area contributed by atoms with Gasteiger partial charge in [-0.05, 0) is 30.9 Å². The smallest absolute Gasteiger partial charge is 0.319 e. The quantitative estimate of drug-likeness (QED) is 0.690. The van der Waals surface area contributed by atoms with E-state index in [1.165, 1.54) is 0 Å². The summed E-state index contributed by atoms with van der Waals surface area (Å²) in [4.78, 5) is 11.8. The number of carbonyl (C=O) groups is 1. The fraction of sp³-hybridized carbons (Fsp3) is 0.562. The minimum atomic E-state index is -0.526. The molecule has 5 heteroatoms. The summed E-state index contributed by atoms with van der Waals surface area (Å²) in [6.07, 6.45) is 1.04. The van der Waals surface area contributed by atoms with Gasteiger partial charge in [-0.15, -0.1) is 0 Å². The summed E-state index contributed by atoms with van der Waals surface area (Å²) in [5.74, 6) is 1.05. The Morgan fingerprint density at radius 2 is 2.05 bits per heavy atom. The highest BCUT2D eigenvalue weighted by Crippen LogP contribution is 2.23. The summed E-state index contributed by atoms with van der Waals surface area (Å²) in [5.41, 5.74) is 0.627. The Labute approximate surface area is 126 Å². The van der Waals surface area contributed by atoms with Crippen LogP contribution in [0.2, 0.25) is 0 Å². The van der Waals surface area contributed by atoms with Crippen molar-refractivity contribution in [3.8, 4) is 5.75 Å². The molecule has 1 aromatic carbocycles. The molecule has 0 saturated carbocycles. The highest BCUT2D eigenvalue weighted by Gasteiger charge is 2.10. The van der Waals surface area contributed by atoms with Gasteiger partial charge in [0.2, 0.25) is 0 Å². The van der Waals surface area contributed by atoms with E-state index in [0.29, 0.717) is 30.4 Å². The molecule has 1 unspecified atom stereocenters. The molecule has 1 aromatic rings. The minimum Gasteiger partial charge on any atom is -0.491 e. The molecular weight excluding hydrogens is 268 g/mol. The first-order chi connectivity index (χ1) is 10.0. The monoisotopic (exact) mass is 294 g/mol. The van der Waals surface area contributed by atoms with Gasteiger partial charge in [-0.1, -0.05) is 32.9 Å². The number of urea groups is 1. The maximum atomic E-state index is 11.8. The molecule has 0 aromatic heterocycles. The van der Waals surface area contributed by atoms with E-state index in [2.05, 4.69) is 10.6 Å². The van der Waals surface area contributed by atoms with Gasteiger partial charge in [-0.2, -0.15) is 0 Å². The molecule has 1 rings (SSSR count). The molecule has 3 N–H and O–H groups in total. The lowest BCUT2D eigenvalue weighted by molar-refractivity contribution is 0.148. The van der Waals surface area contributed by atoms with E-state index >= 15 is 0 Å². The maximum Gasteiger partial charge on any atom is 0.319 e. The normalized spacial score (nSPS) is 12.0. The number of amides is 2. The molecule has 21 heavy (non-hydrogen) atoms. The summed E-state index contributed by atoms with van der Waals surface area (Å²) < 4.78 is 5.57. The van der Waals surface area contributed by atoms with Gasteiger partial charge in [0.25, 0.3) is 0 Å². The molecule has 0 aliphatic carbocycles. The molecule has 0 aliphatic rings. The zero-order valence-corrected chi connectivity index (χ0v) is 13.1. The van der Waals surface area contributed by atoms with Crippen LogP contribution in [0.15, 0.2) is 24.3 Å². The topological polar surface area (TPSA) is 70.6 Å². The number of carbonyl (C=O) groups excluding carboxylic acids is 1. The zero-order chi connectivity index (χ0) is 15.7. The first-order valence-corrected chi connectivity index (χ1v) is 7.47. The van der Waals surface area contributed by atoms with Gasteiger partial charge < -0.3 is 20.5 Å². The van der Waals surface area contributed by atoms with Crippen LogP contribution in [0.1, 0.15) is 33.6 Å². The third kappa shape index (κ3) is 6.99. The van der Waals surface area contributed by atoms with Crippen molar-refractivity contribution in [3.63, 3.8) is 0 Å². The summed E-state index contributed by atoms with van der Waals surface area (Å²) in [6, 6.07) is 6.96. The van der Waals surface area contributed by atoms with Gasteiger partial charge in [0.05, 0.1) is 18.4 Å². The van der Waals surface area contributed by atoms with Gasteiger partial charge in [-0.3, -0.25) is 0 Å². The van der Waals surface area contributed by atoms with E-state index in [4.69, 9.17) is 4.74 Å². The van der Waals surface area contributed by atoms with Crippen molar-refractivity contribution in [2.75, 3.05) is 18.5 Å². The first kappa shape index (κ1) is 17.3. The molecule has 0 bridgehead atoms. The van der Waals surface area contributed by atoms with Crippen LogP contribution >= 0.6 is 0 Å². The van der Waals surface area contributed by atoms with Crippen molar-refractivity contribution in [3.05, 3.63) is 24.3 Å². The van der Waals surface area contributed by atoms with Gasteiger partial charge in [0.1, 0.15) is 5.75 Å². The van der Waals surface area contributed by atoms with E-state index in [-0.39, 0.29) is 12.6 Å². The lowest BCUT2D eigenvalue weighted by atomic mass is 10.1. The van der Waals surface area contributed by atoms with Gasteiger partial charge in [0.15, 0.2) is 0 Å². The highest BCUT2D eigenvalue weighted by molar-refractivity contribution is 5.90. The number of nitrogens with one attached hydrogen (secondary N) is 2. The Kier molecular flexibility index (Phi) is 7.61. The lowest BCUT2D eigenvalue weighted by Gasteiger charge is -2.15. The molecule has 0 spiro atoms. The first-order valence-electron chi connectivity index (χ1n) is 7.47. The minimum absolute atomic E-state index is 0.238. The van der Waals surface area contributed by atoms with Crippen molar-refractivity contribution >= 4 is 11.7 Å². The van der Waals surface area contributed by atoms with Crippen molar-refractivity contribution in [1.82, 2.24) is 5.32 Å². The van der Waals surface area contributed by atoms with Crippen molar-refractivity contribution in [1.29, 1.82) is 0 Å². The number of hydrogen-bond acceptors (Lipinski definition) is 3. The van der Waals surface area contributed by atoms with Crippen LogP contribution in [0.3, 0.4) is 0 Å². The number of ether oxygens (including phenoxy) is 1. The second-order valence-corrected chi connectivity index (χ2v) is 5.46. The third-order valence-electron chi connectivity index (χ3n) is 2.84. The Hall–Kier alpha value is -1.75. The molecule has 2 amide bonds. The Morgan fingerprint density at radius 1 is 1.33 bits per heavy atom. The second-order valence-electron chi connectivity index (χ2n) is 5.46. The molecule has 0 aliphatic heterocycles. The van der Waals surface area contributed by atoms with E-state index in [1.54, 1.807) is 6.07 Å². The third-order valence-corrected chi connectivity index (χ3v) is 2.84. The van der Waals surface area contributed by atoms with Gasteiger partial charge in [-0.25, -0.2) is 4.79 Å². The number of aliphatic hydroxyl groups excluding tert-OH is 1. The van der Waals surface area contributed by atoms with Crippen LogP contribution in [0, 0.1) is 5.92 Å². The summed E-state index contributed by atoms with van der Waals surface area (Å²) >= 11 is 0. The summed E-state index contributed by atoms with van der Waals surface area (Å²) in [7, 11) is 0. The average molecular weight is 294 g/mol. The van der Waals surface area contributed by atoms with Crippen LogP contribution in [0.25, 0.3) is 0 Å². The van der Waals surface area contributed by atoms with Crippen molar-refractivity contribution in [2.45, 2.75) is 39.7 Å². The van der Waals surface area contributed by atoms with E-state index in [1.807, 2.05) is 39.0 Å². The number of rotatable bonds is 8. The summed E-state index contributed by atoms with van der Waals surface area (Å²) in [6.45, 7) is 6.93. The van der Waals surface area contributed by atoms with Crippen LogP contribution in [0.4, 0.5) is 10.5 Å². The summed E-state index contributed by atoms with van der Waals surface area (Å²) in [5, 5.41) is 15.1.